The van der Waals surface area contributed by atoms with Crippen LogP contribution < -0.4 is 0 Å². The first-order chi connectivity index (χ1) is 9.61. The molecule has 0 aliphatic carbocycles. The van der Waals surface area contributed by atoms with Crippen molar-refractivity contribution in [1.82, 2.24) is 4.90 Å². The summed E-state index contributed by atoms with van der Waals surface area (Å²) >= 11 is 5.97. The fraction of sp³-hybridized carbons (Fsp3) is 0.562. The van der Waals surface area contributed by atoms with Crippen molar-refractivity contribution in [1.29, 1.82) is 0 Å². The van der Waals surface area contributed by atoms with Gasteiger partial charge in [0.25, 0.3) is 0 Å². The molecule has 0 N–H and O–H groups in total. The van der Waals surface area contributed by atoms with Crippen molar-refractivity contribution in [2.24, 2.45) is 5.92 Å². The van der Waals surface area contributed by atoms with Gasteiger partial charge < -0.3 is 4.74 Å². The van der Waals surface area contributed by atoms with Crippen LogP contribution in [0.1, 0.15) is 30.7 Å². The maximum Gasteiger partial charge on any atom is 0.310 e. The molecule has 2 saturated heterocycles. The monoisotopic (exact) mass is 293 g/mol. The Morgan fingerprint density at radius 2 is 2.00 bits per heavy atom. The number of hydrogen-bond donors (Lipinski definition) is 0. The highest BCUT2D eigenvalue weighted by molar-refractivity contribution is 6.30. The largest absolute Gasteiger partial charge is 0.469 e. The predicted octanol–water partition coefficient (Wildman–Crippen LogP) is 3.08. The molecular weight excluding hydrogens is 274 g/mol. The average molecular weight is 294 g/mol. The number of carbonyl (C=O) groups is 1. The number of methoxy groups -OCH3 is 1. The zero-order valence-electron chi connectivity index (χ0n) is 11.9. The van der Waals surface area contributed by atoms with E-state index in [1.165, 1.54) is 19.1 Å². The first kappa shape index (κ1) is 13.9. The number of halogens is 1. The number of rotatable bonds is 2. The summed E-state index contributed by atoms with van der Waals surface area (Å²) in [4.78, 5) is 14.6. The Bertz CT molecular complexity index is 502. The minimum absolute atomic E-state index is 0.0649. The zero-order chi connectivity index (χ0) is 14.3. The topological polar surface area (TPSA) is 29.5 Å². The van der Waals surface area contributed by atoms with Crippen molar-refractivity contribution >= 4 is 17.6 Å². The molecule has 2 fully saturated rings. The first-order valence-corrected chi connectivity index (χ1v) is 7.55. The number of piperidine rings is 1. The van der Waals surface area contributed by atoms with E-state index in [0.717, 1.165) is 17.9 Å². The second-order valence-electron chi connectivity index (χ2n) is 5.91. The zero-order valence-corrected chi connectivity index (χ0v) is 12.6. The minimum Gasteiger partial charge on any atom is -0.469 e. The Morgan fingerprint density at radius 3 is 2.65 bits per heavy atom. The van der Waals surface area contributed by atoms with Crippen LogP contribution in [0.4, 0.5) is 0 Å². The van der Waals surface area contributed by atoms with Gasteiger partial charge in [-0.2, -0.15) is 0 Å². The summed E-state index contributed by atoms with van der Waals surface area (Å²) in [6.45, 7) is 0. The van der Waals surface area contributed by atoms with Crippen LogP contribution in [-0.4, -0.2) is 37.1 Å². The number of nitrogens with zero attached hydrogens (tertiary/aromatic N) is 1. The fourth-order valence-electron chi connectivity index (χ4n) is 3.98. The van der Waals surface area contributed by atoms with E-state index < -0.39 is 0 Å². The summed E-state index contributed by atoms with van der Waals surface area (Å²) in [7, 11) is 3.62. The van der Waals surface area contributed by atoms with Gasteiger partial charge in [-0.1, -0.05) is 23.7 Å². The van der Waals surface area contributed by atoms with Gasteiger partial charge in [0.2, 0.25) is 0 Å². The molecular formula is C16H20ClNO2. The van der Waals surface area contributed by atoms with Crippen molar-refractivity contribution in [3.05, 3.63) is 34.9 Å². The molecule has 1 aromatic rings. The Kier molecular flexibility index (Phi) is 3.74. The third-order valence-electron chi connectivity index (χ3n) is 5.04. The van der Waals surface area contributed by atoms with Crippen molar-refractivity contribution in [3.63, 3.8) is 0 Å². The molecule has 3 nitrogen and oxygen atoms in total. The SMILES string of the molecule is COC(=O)[C@@H]1[C@@H](c2ccc(Cl)cc2)C[C@@H]2CC[C@H]1N2C. The van der Waals surface area contributed by atoms with Crippen LogP contribution in [0.2, 0.25) is 5.02 Å². The van der Waals surface area contributed by atoms with E-state index in [9.17, 15) is 4.79 Å². The molecule has 1 aromatic carbocycles. The number of hydrogen-bond acceptors (Lipinski definition) is 3. The van der Waals surface area contributed by atoms with Gasteiger partial charge >= 0.3 is 5.97 Å². The van der Waals surface area contributed by atoms with Gasteiger partial charge in [0.05, 0.1) is 13.0 Å². The van der Waals surface area contributed by atoms with Crippen LogP contribution in [0.25, 0.3) is 0 Å². The van der Waals surface area contributed by atoms with Crippen molar-refractivity contribution in [3.8, 4) is 0 Å². The normalized spacial score (nSPS) is 33.1. The summed E-state index contributed by atoms with van der Waals surface area (Å²) in [5.74, 6) is 0.0977. The second kappa shape index (κ2) is 5.38. The Morgan fingerprint density at radius 1 is 1.30 bits per heavy atom. The maximum absolute atomic E-state index is 12.3. The van der Waals surface area contributed by atoms with E-state index in [-0.39, 0.29) is 17.8 Å². The smallest absolute Gasteiger partial charge is 0.310 e. The number of benzene rings is 1. The summed E-state index contributed by atoms with van der Waals surface area (Å²) in [6, 6.07) is 8.81. The number of esters is 1. The number of carbonyl (C=O) groups excluding carboxylic acids is 1. The van der Waals surface area contributed by atoms with Crippen molar-refractivity contribution in [2.45, 2.75) is 37.3 Å². The second-order valence-corrected chi connectivity index (χ2v) is 6.34. The quantitative estimate of drug-likeness (QED) is 0.785. The molecule has 108 valence electrons. The van der Waals surface area contributed by atoms with E-state index in [1.807, 2.05) is 24.3 Å². The van der Waals surface area contributed by atoms with Gasteiger partial charge in [0.1, 0.15) is 0 Å². The average Bonchev–Trinajstić information content (AvgIpc) is 2.70. The van der Waals surface area contributed by atoms with Crippen LogP contribution in [0.3, 0.4) is 0 Å². The first-order valence-electron chi connectivity index (χ1n) is 7.17. The summed E-state index contributed by atoms with van der Waals surface area (Å²) in [5, 5.41) is 0.735. The standard InChI is InChI=1S/C16H20ClNO2/c1-18-12-7-8-14(18)15(16(19)20-2)13(9-12)10-3-5-11(17)6-4-10/h3-6,12-15H,7-9H2,1-2H3/t12-,13+,14+,15+/m0/s1. The van der Waals surface area contributed by atoms with Crippen LogP contribution in [-0.2, 0) is 9.53 Å². The van der Waals surface area contributed by atoms with Crippen LogP contribution >= 0.6 is 11.6 Å². The highest BCUT2D eigenvalue weighted by Gasteiger charge is 2.49. The van der Waals surface area contributed by atoms with E-state index in [1.54, 1.807) is 0 Å². The maximum atomic E-state index is 12.3. The van der Waals surface area contributed by atoms with Crippen LogP contribution in [0.5, 0.6) is 0 Å². The number of fused-ring (bicyclic) bond motifs is 2. The van der Waals surface area contributed by atoms with Crippen molar-refractivity contribution in [2.75, 3.05) is 14.2 Å². The van der Waals surface area contributed by atoms with Gasteiger partial charge in [-0.15, -0.1) is 0 Å². The molecule has 2 aliphatic heterocycles. The Balaban J connectivity index is 1.95. The highest BCUT2D eigenvalue weighted by atomic mass is 35.5. The van der Waals surface area contributed by atoms with Crippen LogP contribution in [0.15, 0.2) is 24.3 Å². The Labute approximate surface area is 124 Å². The fourth-order valence-corrected chi connectivity index (χ4v) is 4.10. The molecule has 3 rings (SSSR count). The van der Waals surface area contributed by atoms with Gasteiger partial charge in [-0.05, 0) is 44.0 Å². The molecule has 0 amide bonds. The number of ether oxygens (including phenoxy) is 1. The predicted molar refractivity (Wildman–Crippen MR) is 78.9 cm³/mol. The lowest BCUT2D eigenvalue weighted by Gasteiger charge is -2.41. The molecule has 0 aromatic heterocycles. The lowest BCUT2D eigenvalue weighted by Crippen LogP contribution is -2.49. The lowest BCUT2D eigenvalue weighted by molar-refractivity contribution is -0.150. The third-order valence-corrected chi connectivity index (χ3v) is 5.29. The van der Waals surface area contributed by atoms with Crippen molar-refractivity contribution < 1.29 is 9.53 Å². The summed E-state index contributed by atoms with van der Waals surface area (Å²) < 4.78 is 5.07. The molecule has 20 heavy (non-hydrogen) atoms. The van der Waals surface area contributed by atoms with Gasteiger partial charge in [-0.25, -0.2) is 0 Å². The highest BCUT2D eigenvalue weighted by Crippen LogP contribution is 2.46. The van der Waals surface area contributed by atoms with Gasteiger partial charge in [-0.3, -0.25) is 9.69 Å². The van der Waals surface area contributed by atoms with E-state index in [4.69, 9.17) is 16.3 Å². The summed E-state index contributed by atoms with van der Waals surface area (Å²) in [6.07, 6.45) is 3.29. The minimum atomic E-state index is -0.0813. The van der Waals surface area contributed by atoms with E-state index in [2.05, 4.69) is 11.9 Å². The molecule has 0 spiro atoms. The summed E-state index contributed by atoms with van der Waals surface area (Å²) in [5.41, 5.74) is 1.20. The molecule has 0 saturated carbocycles. The molecule has 4 heteroatoms. The molecule has 2 bridgehead atoms. The third kappa shape index (κ3) is 2.23. The lowest BCUT2D eigenvalue weighted by atomic mass is 9.76. The van der Waals surface area contributed by atoms with E-state index in [0.29, 0.717) is 12.1 Å². The van der Waals surface area contributed by atoms with Gasteiger partial charge in [0, 0.05) is 23.0 Å². The molecule has 2 heterocycles. The molecule has 0 radical (unpaired) electrons. The molecule has 4 atom stereocenters. The molecule has 0 unspecified atom stereocenters. The van der Waals surface area contributed by atoms with Gasteiger partial charge in [0.15, 0.2) is 0 Å². The Hall–Kier alpha value is -1.06. The van der Waals surface area contributed by atoms with Crippen LogP contribution in [0, 0.1) is 5.92 Å². The molecule has 2 aliphatic rings. The van der Waals surface area contributed by atoms with E-state index >= 15 is 0 Å².